The van der Waals surface area contributed by atoms with E-state index in [9.17, 15) is 19.5 Å². The zero-order valence-corrected chi connectivity index (χ0v) is 20.7. The molecule has 1 fully saturated rings. The number of esters is 1. The van der Waals surface area contributed by atoms with E-state index in [2.05, 4.69) is 0 Å². The summed E-state index contributed by atoms with van der Waals surface area (Å²) in [5.74, 6) is -1.37. The Morgan fingerprint density at radius 1 is 1.24 bits per heavy atom. The number of likely N-dealkylation sites (tertiary alicyclic amines) is 1. The van der Waals surface area contributed by atoms with Crippen LogP contribution >= 0.6 is 0 Å². The molecule has 8 heteroatoms. The molecular weight excluding hydrogens is 436 g/mol. The topological polar surface area (TPSA) is 96.4 Å². The van der Waals surface area contributed by atoms with Gasteiger partial charge in [0.25, 0.3) is 0 Å². The number of methoxy groups -OCH3 is 1. The van der Waals surface area contributed by atoms with Gasteiger partial charge in [-0.05, 0) is 58.1 Å². The van der Waals surface area contributed by atoms with Crippen molar-refractivity contribution in [3.63, 3.8) is 0 Å². The van der Waals surface area contributed by atoms with Crippen LogP contribution in [0.5, 0.6) is 0 Å². The van der Waals surface area contributed by atoms with Crippen molar-refractivity contribution in [1.82, 2.24) is 9.80 Å². The second kappa shape index (κ2) is 10.2. The number of nitrogens with zero attached hydrogens (tertiary/aromatic N) is 2. The second-order valence-corrected chi connectivity index (χ2v) is 9.93. The first-order valence-electron chi connectivity index (χ1n) is 11.9. The standard InChI is InChI=1S/C26H36N2O6/c1-6-26(32)16-14-19-15-17-27(24(31)34-25(2,3)4)21(19)22(29)28(26)20(23(30)33-5)13-12-18-10-8-7-9-11-18/h7-11,14,16,19-21,32H,6,12-13,15,17H2,1-5H3/t19-,20-,21-,26-/m1/s1. The smallest absolute Gasteiger partial charge is 0.410 e. The molecule has 2 amide bonds. The third-order valence-corrected chi connectivity index (χ3v) is 6.45. The number of carbonyl (C=O) groups is 3. The Kier molecular flexibility index (Phi) is 7.70. The molecule has 3 rings (SSSR count). The van der Waals surface area contributed by atoms with Gasteiger partial charge in [0.05, 0.1) is 7.11 Å². The highest BCUT2D eigenvalue weighted by Gasteiger charge is 2.52. The number of rotatable bonds is 6. The van der Waals surface area contributed by atoms with Crippen LogP contribution in [0, 0.1) is 5.92 Å². The molecule has 0 radical (unpaired) electrons. The van der Waals surface area contributed by atoms with E-state index in [4.69, 9.17) is 9.47 Å². The number of aliphatic hydroxyl groups is 1. The van der Waals surface area contributed by atoms with E-state index in [1.165, 1.54) is 16.9 Å². The molecule has 1 aromatic rings. The molecule has 2 aliphatic rings. The molecule has 0 spiro atoms. The van der Waals surface area contributed by atoms with Crippen molar-refractivity contribution in [2.45, 2.75) is 76.8 Å². The predicted octanol–water partition coefficient (Wildman–Crippen LogP) is 3.28. The second-order valence-electron chi connectivity index (χ2n) is 9.93. The summed E-state index contributed by atoms with van der Waals surface area (Å²) < 4.78 is 10.6. The molecule has 0 bridgehead atoms. The van der Waals surface area contributed by atoms with E-state index >= 15 is 0 Å². The highest BCUT2D eigenvalue weighted by atomic mass is 16.6. The molecule has 8 nitrogen and oxygen atoms in total. The predicted molar refractivity (Wildman–Crippen MR) is 127 cm³/mol. The quantitative estimate of drug-likeness (QED) is 0.504. The minimum absolute atomic E-state index is 0.181. The fourth-order valence-electron chi connectivity index (χ4n) is 4.70. The van der Waals surface area contributed by atoms with E-state index in [0.29, 0.717) is 19.4 Å². The summed E-state index contributed by atoms with van der Waals surface area (Å²) in [6.45, 7) is 7.42. The fraction of sp³-hybridized carbons (Fsp3) is 0.577. The van der Waals surface area contributed by atoms with E-state index < -0.39 is 41.4 Å². The minimum Gasteiger partial charge on any atom is -0.467 e. The first-order chi connectivity index (χ1) is 16.0. The van der Waals surface area contributed by atoms with Crippen molar-refractivity contribution < 1.29 is 29.0 Å². The van der Waals surface area contributed by atoms with Crippen LogP contribution in [0.4, 0.5) is 4.79 Å². The summed E-state index contributed by atoms with van der Waals surface area (Å²) in [4.78, 5) is 42.5. The van der Waals surface area contributed by atoms with Crippen molar-refractivity contribution in [2.24, 2.45) is 5.92 Å². The Labute approximate surface area is 201 Å². The van der Waals surface area contributed by atoms with Gasteiger partial charge in [0, 0.05) is 12.5 Å². The van der Waals surface area contributed by atoms with Crippen molar-refractivity contribution in [3.05, 3.63) is 48.0 Å². The Bertz CT molecular complexity index is 925. The number of carbonyl (C=O) groups excluding carboxylic acids is 3. The van der Waals surface area contributed by atoms with Crippen molar-refractivity contribution in [3.8, 4) is 0 Å². The third kappa shape index (κ3) is 5.43. The van der Waals surface area contributed by atoms with Gasteiger partial charge in [-0.15, -0.1) is 0 Å². The van der Waals surface area contributed by atoms with Crippen LogP contribution in [0.15, 0.2) is 42.5 Å². The van der Waals surface area contributed by atoms with Crippen LogP contribution in [0.2, 0.25) is 0 Å². The molecule has 0 aromatic heterocycles. The first-order valence-corrected chi connectivity index (χ1v) is 11.9. The van der Waals surface area contributed by atoms with E-state index in [-0.39, 0.29) is 18.8 Å². The average Bonchev–Trinajstić information content (AvgIpc) is 3.19. The van der Waals surface area contributed by atoms with Crippen molar-refractivity contribution in [2.75, 3.05) is 13.7 Å². The molecule has 4 atom stereocenters. The summed E-state index contributed by atoms with van der Waals surface area (Å²) in [6.07, 6.45) is 4.32. The third-order valence-electron chi connectivity index (χ3n) is 6.45. The summed E-state index contributed by atoms with van der Waals surface area (Å²) in [6, 6.07) is 7.73. The lowest BCUT2D eigenvalue weighted by atomic mass is 9.98. The van der Waals surface area contributed by atoms with Crippen molar-refractivity contribution >= 4 is 18.0 Å². The number of hydrogen-bond acceptors (Lipinski definition) is 6. The van der Waals surface area contributed by atoms with Crippen LogP contribution in [0.3, 0.4) is 0 Å². The largest absolute Gasteiger partial charge is 0.467 e. The van der Waals surface area contributed by atoms with Crippen LogP contribution in [-0.4, -0.2) is 69.9 Å². The Hall–Kier alpha value is -2.87. The van der Waals surface area contributed by atoms with Crippen LogP contribution < -0.4 is 0 Å². The normalized spacial score (nSPS) is 25.5. The monoisotopic (exact) mass is 472 g/mol. The van der Waals surface area contributed by atoms with Gasteiger partial charge in [0.2, 0.25) is 5.91 Å². The lowest BCUT2D eigenvalue weighted by Crippen LogP contribution is -2.62. The number of hydrogen-bond donors (Lipinski definition) is 1. The van der Waals surface area contributed by atoms with Gasteiger partial charge in [-0.3, -0.25) is 14.6 Å². The summed E-state index contributed by atoms with van der Waals surface area (Å²) in [5, 5.41) is 11.5. The Balaban J connectivity index is 1.97. The number of fused-ring (bicyclic) bond motifs is 1. The number of ether oxygens (including phenoxy) is 2. The highest BCUT2D eigenvalue weighted by Crippen LogP contribution is 2.37. The maximum Gasteiger partial charge on any atom is 0.410 e. The summed E-state index contributed by atoms with van der Waals surface area (Å²) in [7, 11) is 1.27. The van der Waals surface area contributed by atoms with Gasteiger partial charge >= 0.3 is 12.1 Å². The first kappa shape index (κ1) is 25.7. The van der Waals surface area contributed by atoms with E-state index in [1.54, 1.807) is 39.8 Å². The van der Waals surface area contributed by atoms with Gasteiger partial charge in [-0.25, -0.2) is 9.59 Å². The lowest BCUT2D eigenvalue weighted by Gasteiger charge is -2.42. The zero-order chi connectivity index (χ0) is 25.1. The molecule has 0 unspecified atom stereocenters. The van der Waals surface area contributed by atoms with Gasteiger partial charge in [-0.1, -0.05) is 43.3 Å². The molecule has 34 heavy (non-hydrogen) atoms. The van der Waals surface area contributed by atoms with Gasteiger partial charge in [-0.2, -0.15) is 0 Å². The molecule has 1 aromatic carbocycles. The molecule has 0 aliphatic carbocycles. The van der Waals surface area contributed by atoms with Gasteiger partial charge in [0.15, 0.2) is 5.72 Å². The van der Waals surface area contributed by atoms with E-state index in [0.717, 1.165) is 5.56 Å². The molecule has 1 saturated heterocycles. The van der Waals surface area contributed by atoms with Crippen molar-refractivity contribution in [1.29, 1.82) is 0 Å². The number of amides is 2. The molecule has 186 valence electrons. The maximum atomic E-state index is 14.0. The highest BCUT2D eigenvalue weighted by molar-refractivity contribution is 5.91. The van der Waals surface area contributed by atoms with Crippen LogP contribution in [0.25, 0.3) is 0 Å². The van der Waals surface area contributed by atoms with E-state index in [1.807, 2.05) is 30.3 Å². The molecular formula is C26H36N2O6. The molecule has 1 N–H and O–H groups in total. The van der Waals surface area contributed by atoms with Crippen LogP contribution in [-0.2, 0) is 25.5 Å². The molecule has 2 heterocycles. The lowest BCUT2D eigenvalue weighted by molar-refractivity contribution is -0.175. The minimum atomic E-state index is -1.68. The molecule has 2 aliphatic heterocycles. The SMILES string of the molecule is CC[C@@]1(O)C=C[C@@H]2CCN(C(=O)OC(C)(C)C)[C@H]2C(=O)N1[C@H](CCc1ccccc1)C(=O)OC. The van der Waals surface area contributed by atoms with Gasteiger partial charge in [0.1, 0.15) is 17.7 Å². The maximum absolute atomic E-state index is 14.0. The number of benzene rings is 1. The fourth-order valence-corrected chi connectivity index (χ4v) is 4.70. The number of aryl methyl sites for hydroxylation is 1. The average molecular weight is 473 g/mol. The Morgan fingerprint density at radius 3 is 2.50 bits per heavy atom. The van der Waals surface area contributed by atoms with Crippen LogP contribution in [0.1, 0.15) is 52.5 Å². The summed E-state index contributed by atoms with van der Waals surface area (Å²) >= 11 is 0. The summed E-state index contributed by atoms with van der Waals surface area (Å²) in [5.41, 5.74) is -1.40. The molecule has 0 saturated carbocycles. The Morgan fingerprint density at radius 2 is 1.91 bits per heavy atom. The zero-order valence-electron chi connectivity index (χ0n) is 20.7. The van der Waals surface area contributed by atoms with Gasteiger partial charge < -0.3 is 14.6 Å².